The van der Waals surface area contributed by atoms with E-state index in [0.29, 0.717) is 50.2 Å². The number of aromatic nitrogens is 1. The SMILES string of the molecule is CCOCCOc1c(N)cc(C#N)n1CCOC. The molecule has 0 aliphatic heterocycles. The van der Waals surface area contributed by atoms with Crippen LogP contribution in [-0.2, 0) is 16.0 Å². The van der Waals surface area contributed by atoms with E-state index in [1.807, 2.05) is 6.92 Å². The summed E-state index contributed by atoms with van der Waals surface area (Å²) in [6.45, 7) is 4.48. The topological polar surface area (TPSA) is 82.4 Å². The molecular weight excluding hydrogens is 234 g/mol. The van der Waals surface area contributed by atoms with Crippen molar-refractivity contribution in [2.24, 2.45) is 0 Å². The first kappa shape index (κ1) is 14.4. The second kappa shape index (κ2) is 7.58. The minimum atomic E-state index is 0.403. The van der Waals surface area contributed by atoms with Gasteiger partial charge in [-0.15, -0.1) is 0 Å². The maximum absolute atomic E-state index is 9.02. The molecule has 0 amide bonds. The minimum Gasteiger partial charge on any atom is -0.475 e. The standard InChI is InChI=1S/C12H19N3O3/c1-3-17-6-7-18-12-11(14)8-10(9-13)15(12)4-5-16-2/h8H,3-7,14H2,1-2H3. The number of anilines is 1. The summed E-state index contributed by atoms with van der Waals surface area (Å²) in [7, 11) is 1.61. The Morgan fingerprint density at radius 2 is 2.17 bits per heavy atom. The van der Waals surface area contributed by atoms with E-state index in [1.54, 1.807) is 17.7 Å². The summed E-state index contributed by atoms with van der Waals surface area (Å²) in [6, 6.07) is 3.69. The molecule has 0 aromatic carbocycles. The van der Waals surface area contributed by atoms with Gasteiger partial charge in [-0.3, -0.25) is 4.57 Å². The molecule has 6 nitrogen and oxygen atoms in total. The third-order valence-corrected chi connectivity index (χ3v) is 2.38. The van der Waals surface area contributed by atoms with Crippen molar-refractivity contribution in [1.82, 2.24) is 4.57 Å². The van der Waals surface area contributed by atoms with Crippen LogP contribution in [0.15, 0.2) is 6.07 Å². The molecule has 0 radical (unpaired) electrons. The number of rotatable bonds is 8. The quantitative estimate of drug-likeness (QED) is 0.699. The maximum Gasteiger partial charge on any atom is 0.218 e. The highest BCUT2D eigenvalue weighted by Crippen LogP contribution is 2.26. The van der Waals surface area contributed by atoms with E-state index >= 15 is 0 Å². The van der Waals surface area contributed by atoms with Crippen LogP contribution in [0.25, 0.3) is 0 Å². The molecule has 0 aliphatic rings. The molecule has 1 heterocycles. The zero-order chi connectivity index (χ0) is 13.4. The monoisotopic (exact) mass is 253 g/mol. The van der Waals surface area contributed by atoms with Crippen LogP contribution in [0.1, 0.15) is 12.6 Å². The van der Waals surface area contributed by atoms with E-state index in [2.05, 4.69) is 6.07 Å². The molecule has 0 spiro atoms. The third kappa shape index (κ3) is 3.65. The van der Waals surface area contributed by atoms with Gasteiger partial charge in [0.15, 0.2) is 0 Å². The Morgan fingerprint density at radius 3 is 2.78 bits per heavy atom. The number of ether oxygens (including phenoxy) is 3. The zero-order valence-electron chi connectivity index (χ0n) is 10.8. The van der Waals surface area contributed by atoms with E-state index in [9.17, 15) is 0 Å². The van der Waals surface area contributed by atoms with Crippen LogP contribution in [-0.4, -0.2) is 38.1 Å². The largest absolute Gasteiger partial charge is 0.475 e. The van der Waals surface area contributed by atoms with Gasteiger partial charge in [-0.25, -0.2) is 0 Å². The Kier molecular flexibility index (Phi) is 6.05. The summed E-state index contributed by atoms with van der Waals surface area (Å²) < 4.78 is 17.5. The van der Waals surface area contributed by atoms with Crippen molar-refractivity contribution in [2.75, 3.05) is 39.3 Å². The molecule has 1 aromatic heterocycles. The fraction of sp³-hybridized carbons (Fsp3) is 0.583. The summed E-state index contributed by atoms with van der Waals surface area (Å²) in [4.78, 5) is 0. The van der Waals surface area contributed by atoms with Crippen molar-refractivity contribution in [2.45, 2.75) is 13.5 Å². The van der Waals surface area contributed by atoms with Crippen molar-refractivity contribution >= 4 is 5.69 Å². The number of nitrogens with two attached hydrogens (primary N) is 1. The lowest BCUT2D eigenvalue weighted by atomic mass is 10.4. The molecule has 0 aliphatic carbocycles. The van der Waals surface area contributed by atoms with Gasteiger partial charge in [-0.05, 0) is 6.92 Å². The van der Waals surface area contributed by atoms with Crippen LogP contribution < -0.4 is 10.5 Å². The first-order valence-electron chi connectivity index (χ1n) is 5.83. The predicted molar refractivity (Wildman–Crippen MR) is 67.4 cm³/mol. The Hall–Kier alpha value is -1.71. The van der Waals surface area contributed by atoms with Gasteiger partial charge in [0.1, 0.15) is 18.4 Å². The minimum absolute atomic E-state index is 0.403. The predicted octanol–water partition coefficient (Wildman–Crippen LogP) is 1.00. The molecule has 0 fully saturated rings. The lowest BCUT2D eigenvalue weighted by Gasteiger charge is -2.12. The first-order chi connectivity index (χ1) is 8.74. The number of nitrogen functional groups attached to an aromatic ring is 1. The molecule has 2 N–H and O–H groups in total. The van der Waals surface area contributed by atoms with Gasteiger partial charge in [0.2, 0.25) is 5.88 Å². The molecule has 0 unspecified atom stereocenters. The van der Waals surface area contributed by atoms with Crippen molar-refractivity contribution in [1.29, 1.82) is 5.26 Å². The van der Waals surface area contributed by atoms with Crippen LogP contribution in [0.2, 0.25) is 0 Å². The lowest BCUT2D eigenvalue weighted by Crippen LogP contribution is -2.13. The third-order valence-electron chi connectivity index (χ3n) is 2.38. The van der Waals surface area contributed by atoms with E-state index < -0.39 is 0 Å². The Morgan fingerprint density at radius 1 is 1.39 bits per heavy atom. The highest BCUT2D eigenvalue weighted by atomic mass is 16.5. The van der Waals surface area contributed by atoms with E-state index in [4.69, 9.17) is 25.2 Å². The fourth-order valence-corrected chi connectivity index (χ4v) is 1.55. The molecule has 0 saturated heterocycles. The van der Waals surface area contributed by atoms with Gasteiger partial charge in [0, 0.05) is 19.8 Å². The normalized spacial score (nSPS) is 10.3. The molecule has 100 valence electrons. The van der Waals surface area contributed by atoms with Crippen LogP contribution in [0.5, 0.6) is 5.88 Å². The Bertz CT molecular complexity index is 409. The summed E-state index contributed by atoms with van der Waals surface area (Å²) in [5.41, 5.74) is 6.75. The highest BCUT2D eigenvalue weighted by molar-refractivity contribution is 5.55. The first-order valence-corrected chi connectivity index (χ1v) is 5.83. The zero-order valence-corrected chi connectivity index (χ0v) is 10.8. The van der Waals surface area contributed by atoms with Gasteiger partial charge in [-0.2, -0.15) is 5.26 Å². The number of nitriles is 1. The number of nitrogens with zero attached hydrogens (tertiary/aromatic N) is 2. The van der Waals surface area contributed by atoms with Gasteiger partial charge < -0.3 is 19.9 Å². The van der Waals surface area contributed by atoms with Gasteiger partial charge in [0.05, 0.1) is 25.4 Å². The Balaban J connectivity index is 2.74. The average molecular weight is 253 g/mol. The van der Waals surface area contributed by atoms with Crippen LogP contribution >= 0.6 is 0 Å². The maximum atomic E-state index is 9.02. The van der Waals surface area contributed by atoms with Crippen molar-refractivity contribution < 1.29 is 14.2 Å². The van der Waals surface area contributed by atoms with Gasteiger partial charge in [0.25, 0.3) is 0 Å². The molecule has 18 heavy (non-hydrogen) atoms. The van der Waals surface area contributed by atoms with Crippen molar-refractivity contribution in [3.8, 4) is 11.9 Å². The second-order valence-corrected chi connectivity index (χ2v) is 3.59. The second-order valence-electron chi connectivity index (χ2n) is 3.59. The summed E-state index contributed by atoms with van der Waals surface area (Å²) in [5.74, 6) is 0.503. The van der Waals surface area contributed by atoms with Gasteiger partial charge >= 0.3 is 0 Å². The number of methoxy groups -OCH3 is 1. The van der Waals surface area contributed by atoms with Crippen LogP contribution in [0.3, 0.4) is 0 Å². The molecule has 0 saturated carbocycles. The van der Waals surface area contributed by atoms with E-state index in [1.165, 1.54) is 0 Å². The van der Waals surface area contributed by atoms with Gasteiger partial charge in [-0.1, -0.05) is 0 Å². The van der Waals surface area contributed by atoms with Crippen LogP contribution in [0, 0.1) is 11.3 Å². The molecular formula is C12H19N3O3. The summed E-state index contributed by atoms with van der Waals surface area (Å²) >= 11 is 0. The smallest absolute Gasteiger partial charge is 0.218 e. The molecule has 1 aromatic rings. The molecule has 0 bridgehead atoms. The number of hydrogen-bond acceptors (Lipinski definition) is 5. The highest BCUT2D eigenvalue weighted by Gasteiger charge is 2.14. The fourth-order valence-electron chi connectivity index (χ4n) is 1.55. The summed E-state index contributed by atoms with van der Waals surface area (Å²) in [5, 5.41) is 9.02. The van der Waals surface area contributed by atoms with E-state index in [0.717, 1.165) is 0 Å². The number of hydrogen-bond donors (Lipinski definition) is 1. The van der Waals surface area contributed by atoms with Crippen LogP contribution in [0.4, 0.5) is 5.69 Å². The van der Waals surface area contributed by atoms with Crippen molar-refractivity contribution in [3.05, 3.63) is 11.8 Å². The molecule has 6 heteroatoms. The average Bonchev–Trinajstić information content (AvgIpc) is 2.68. The van der Waals surface area contributed by atoms with Crippen molar-refractivity contribution in [3.63, 3.8) is 0 Å². The Labute approximate surface area is 107 Å². The summed E-state index contributed by atoms with van der Waals surface area (Å²) in [6.07, 6.45) is 0. The van der Waals surface area contributed by atoms with E-state index in [-0.39, 0.29) is 0 Å². The molecule has 1 rings (SSSR count). The molecule has 0 atom stereocenters. The lowest BCUT2D eigenvalue weighted by molar-refractivity contribution is 0.105.